The van der Waals surface area contributed by atoms with Crippen LogP contribution in [-0.4, -0.2) is 23.5 Å². The Morgan fingerprint density at radius 3 is 2.62 bits per heavy atom. The van der Waals surface area contributed by atoms with E-state index in [-0.39, 0.29) is 5.92 Å². The molecular weight excluding hydrogens is 322 g/mol. The van der Waals surface area contributed by atoms with Gasteiger partial charge in [-0.05, 0) is 50.9 Å². The van der Waals surface area contributed by atoms with Crippen LogP contribution in [0.3, 0.4) is 0 Å². The van der Waals surface area contributed by atoms with E-state index < -0.39 is 5.72 Å². The second-order valence-corrected chi connectivity index (χ2v) is 9.60. The number of ether oxygens (including phenoxy) is 1. The lowest BCUT2D eigenvalue weighted by molar-refractivity contribution is -0.259. The number of amides is 1. The van der Waals surface area contributed by atoms with Crippen molar-refractivity contribution in [2.45, 2.75) is 63.7 Å². The fourth-order valence-corrected chi connectivity index (χ4v) is 7.31. The molecule has 2 saturated heterocycles. The average Bonchev–Trinajstić information content (AvgIpc) is 3.34. The Kier molecular flexibility index (Phi) is 3.22. The summed E-state index contributed by atoms with van der Waals surface area (Å²) < 4.78 is 7.07. The molecule has 1 aromatic carbocycles. The van der Waals surface area contributed by atoms with Crippen LogP contribution in [0.25, 0.3) is 0 Å². The third-order valence-electron chi connectivity index (χ3n) is 8.37. The zero-order valence-corrected chi connectivity index (χ0v) is 15.7. The highest BCUT2D eigenvalue weighted by Gasteiger charge is 2.70. The zero-order chi connectivity index (χ0) is 17.5. The van der Waals surface area contributed by atoms with E-state index in [0.717, 1.165) is 6.54 Å². The number of nitrogens with zero attached hydrogens (tertiary/aromatic N) is 1. The first-order valence-corrected chi connectivity index (χ1v) is 10.7. The van der Waals surface area contributed by atoms with E-state index in [1.807, 2.05) is 0 Å². The summed E-state index contributed by atoms with van der Waals surface area (Å²) in [6, 6.07) is 8.88. The molecule has 1 amide bonds. The summed E-state index contributed by atoms with van der Waals surface area (Å²) in [4.78, 5) is 15.8. The lowest BCUT2D eigenvalue weighted by Gasteiger charge is -2.53. The fraction of sp³-hybridized carbons (Fsp3) is 0.696. The normalized spacial score (nSPS) is 46.2. The van der Waals surface area contributed by atoms with Gasteiger partial charge in [0, 0.05) is 29.9 Å². The van der Waals surface area contributed by atoms with E-state index >= 15 is 0 Å². The predicted molar refractivity (Wildman–Crippen MR) is 99.2 cm³/mol. The van der Waals surface area contributed by atoms with Gasteiger partial charge >= 0.3 is 0 Å². The molecule has 3 heteroatoms. The monoisotopic (exact) mass is 351 g/mol. The Balaban J connectivity index is 1.51. The molecule has 3 aliphatic carbocycles. The van der Waals surface area contributed by atoms with Crippen molar-refractivity contribution < 1.29 is 9.53 Å². The SMILES string of the molecule is Cc1ccc([C@@]23O[C@@H]4CCCC[C@H]4CN2C(=O)[C@H]2[C@H]4CC[C@H](C4)[C@H]23)cc1. The second kappa shape index (κ2) is 5.34. The van der Waals surface area contributed by atoms with Gasteiger partial charge in [-0.1, -0.05) is 42.7 Å². The number of fused-ring (bicyclic) bond motifs is 8. The molecule has 138 valence electrons. The molecular formula is C23H29NO2. The van der Waals surface area contributed by atoms with E-state index in [2.05, 4.69) is 36.1 Å². The molecule has 2 heterocycles. The first-order chi connectivity index (χ1) is 12.7. The molecule has 5 aliphatic rings. The Bertz CT molecular complexity index is 743. The first-order valence-electron chi connectivity index (χ1n) is 10.7. The van der Waals surface area contributed by atoms with E-state index in [9.17, 15) is 4.79 Å². The van der Waals surface area contributed by atoms with Crippen molar-refractivity contribution in [1.82, 2.24) is 4.90 Å². The van der Waals surface area contributed by atoms with E-state index in [0.29, 0.717) is 35.7 Å². The summed E-state index contributed by atoms with van der Waals surface area (Å²) >= 11 is 0. The van der Waals surface area contributed by atoms with E-state index in [1.54, 1.807) is 0 Å². The first kappa shape index (κ1) is 15.7. The molecule has 2 bridgehead atoms. The molecule has 5 fully saturated rings. The maximum atomic E-state index is 13.6. The molecule has 3 nitrogen and oxygen atoms in total. The van der Waals surface area contributed by atoms with Crippen LogP contribution in [0.5, 0.6) is 0 Å². The second-order valence-electron chi connectivity index (χ2n) is 9.60. The van der Waals surface area contributed by atoms with Crippen LogP contribution in [0.4, 0.5) is 0 Å². The standard InChI is InChI=1S/C23H29NO2/c1-14-6-10-18(11-7-14)23-21-16-9-8-15(12-16)20(21)22(25)24(23)13-17-4-2-3-5-19(17)26-23/h6-7,10-11,15-17,19-21H,2-5,8-9,12-13H2,1H3/t15-,16+,17-,19+,20-,21+,23-/m0/s1. The van der Waals surface area contributed by atoms with Crippen LogP contribution in [0.15, 0.2) is 24.3 Å². The summed E-state index contributed by atoms with van der Waals surface area (Å²) in [6.07, 6.45) is 9.10. The number of carbonyl (C=O) groups excluding carboxylic acids is 1. The largest absolute Gasteiger partial charge is 0.347 e. The van der Waals surface area contributed by atoms with Gasteiger partial charge in [0.2, 0.25) is 5.91 Å². The molecule has 0 aromatic heterocycles. The van der Waals surface area contributed by atoms with Crippen LogP contribution in [0.1, 0.15) is 56.1 Å². The van der Waals surface area contributed by atoms with Gasteiger partial charge in [0.15, 0.2) is 5.72 Å². The van der Waals surface area contributed by atoms with Crippen molar-refractivity contribution in [2.24, 2.45) is 29.6 Å². The van der Waals surface area contributed by atoms with Crippen molar-refractivity contribution in [1.29, 1.82) is 0 Å². The van der Waals surface area contributed by atoms with Crippen LogP contribution < -0.4 is 0 Å². The van der Waals surface area contributed by atoms with Gasteiger partial charge in [0.05, 0.1) is 6.10 Å². The summed E-state index contributed by atoms with van der Waals surface area (Å²) in [5, 5.41) is 0. The number of aryl methyl sites for hydroxylation is 1. The smallest absolute Gasteiger partial charge is 0.228 e. The minimum Gasteiger partial charge on any atom is -0.347 e. The number of benzene rings is 1. The lowest BCUT2D eigenvalue weighted by Crippen LogP contribution is -2.60. The third-order valence-corrected chi connectivity index (χ3v) is 8.37. The predicted octanol–water partition coefficient (Wildman–Crippen LogP) is 4.24. The summed E-state index contributed by atoms with van der Waals surface area (Å²) in [6.45, 7) is 3.06. The van der Waals surface area contributed by atoms with Gasteiger partial charge in [-0.25, -0.2) is 0 Å². The Morgan fingerprint density at radius 1 is 1.00 bits per heavy atom. The maximum absolute atomic E-state index is 13.6. The molecule has 0 N–H and O–H groups in total. The van der Waals surface area contributed by atoms with Gasteiger partial charge in [-0.2, -0.15) is 0 Å². The van der Waals surface area contributed by atoms with Crippen molar-refractivity contribution in [3.8, 4) is 0 Å². The van der Waals surface area contributed by atoms with Crippen LogP contribution in [-0.2, 0) is 15.3 Å². The maximum Gasteiger partial charge on any atom is 0.228 e. The van der Waals surface area contributed by atoms with Crippen molar-refractivity contribution in [3.63, 3.8) is 0 Å². The number of carbonyl (C=O) groups is 1. The molecule has 7 atom stereocenters. The van der Waals surface area contributed by atoms with E-state index in [4.69, 9.17) is 4.74 Å². The Morgan fingerprint density at radius 2 is 1.77 bits per heavy atom. The quantitative estimate of drug-likeness (QED) is 0.757. The number of rotatable bonds is 1. The van der Waals surface area contributed by atoms with Gasteiger partial charge in [-0.3, -0.25) is 4.79 Å². The zero-order valence-electron chi connectivity index (χ0n) is 15.7. The number of hydrogen-bond acceptors (Lipinski definition) is 2. The molecule has 0 radical (unpaired) electrons. The van der Waals surface area contributed by atoms with Gasteiger partial charge in [0.1, 0.15) is 0 Å². The minimum atomic E-state index is -0.478. The lowest BCUT2D eigenvalue weighted by atomic mass is 9.73. The molecule has 26 heavy (non-hydrogen) atoms. The highest BCUT2D eigenvalue weighted by Crippen LogP contribution is 2.66. The molecule has 0 spiro atoms. The van der Waals surface area contributed by atoms with Gasteiger partial charge < -0.3 is 9.64 Å². The van der Waals surface area contributed by atoms with Crippen molar-refractivity contribution in [3.05, 3.63) is 35.4 Å². The van der Waals surface area contributed by atoms with E-state index in [1.165, 1.54) is 56.1 Å². The highest BCUT2D eigenvalue weighted by molar-refractivity contribution is 5.84. The Labute approximate surface area is 156 Å². The average molecular weight is 351 g/mol. The van der Waals surface area contributed by atoms with Crippen LogP contribution in [0.2, 0.25) is 0 Å². The molecule has 6 rings (SSSR count). The summed E-state index contributed by atoms with van der Waals surface area (Å²) in [5.74, 6) is 2.82. The number of hydrogen-bond donors (Lipinski definition) is 0. The topological polar surface area (TPSA) is 29.5 Å². The molecule has 3 saturated carbocycles. The van der Waals surface area contributed by atoms with Crippen LogP contribution >= 0.6 is 0 Å². The fourth-order valence-electron chi connectivity index (χ4n) is 7.31. The van der Waals surface area contributed by atoms with Crippen LogP contribution in [0, 0.1) is 36.5 Å². The van der Waals surface area contributed by atoms with Crippen molar-refractivity contribution in [2.75, 3.05) is 6.54 Å². The Hall–Kier alpha value is -1.35. The van der Waals surface area contributed by atoms with Gasteiger partial charge in [0.25, 0.3) is 0 Å². The molecule has 0 unspecified atom stereocenters. The highest BCUT2D eigenvalue weighted by atomic mass is 16.5. The third kappa shape index (κ3) is 1.86. The van der Waals surface area contributed by atoms with Crippen molar-refractivity contribution >= 4 is 5.91 Å². The minimum absolute atomic E-state index is 0.218. The van der Waals surface area contributed by atoms with Gasteiger partial charge in [-0.15, -0.1) is 0 Å². The summed E-state index contributed by atoms with van der Waals surface area (Å²) in [7, 11) is 0. The summed E-state index contributed by atoms with van der Waals surface area (Å²) in [5.41, 5.74) is 2.03. The molecule has 1 aromatic rings. The molecule has 2 aliphatic heterocycles.